The molecule has 0 heterocycles. The third kappa shape index (κ3) is 15.1. The summed E-state index contributed by atoms with van der Waals surface area (Å²) in [6.45, 7) is 0.647. The summed E-state index contributed by atoms with van der Waals surface area (Å²) in [5, 5.41) is 7.33. The molecule has 0 aliphatic heterocycles. The van der Waals surface area contributed by atoms with Crippen molar-refractivity contribution in [1.29, 1.82) is 0 Å². The number of hydrazine groups is 1. The number of carbonyl (C=O) groups excluding carboxylic acids is 4. The third-order valence-electron chi connectivity index (χ3n) is 2.74. The molecule has 10 N–H and O–H groups in total. The van der Waals surface area contributed by atoms with Gasteiger partial charge in [-0.3, -0.25) is 25.7 Å². The van der Waals surface area contributed by atoms with Crippen LogP contribution in [0.4, 0.5) is 4.79 Å². The summed E-state index contributed by atoms with van der Waals surface area (Å²) < 4.78 is 10.0. The second-order valence-electron chi connectivity index (χ2n) is 5.08. The number of urea groups is 1. The molecule has 0 unspecified atom stereocenters. The van der Waals surface area contributed by atoms with E-state index in [1.54, 1.807) is 0 Å². The number of nitrogens with one attached hydrogen (secondary N) is 4. The molecule has 0 fully saturated rings. The van der Waals surface area contributed by atoms with E-state index in [0.717, 1.165) is 0 Å². The zero-order valence-electron chi connectivity index (χ0n) is 14.4. The first kappa shape index (κ1) is 23.5. The van der Waals surface area contributed by atoms with Crippen molar-refractivity contribution < 1.29 is 28.7 Å². The Labute approximate surface area is 150 Å². The number of ether oxygens (including phenoxy) is 2. The minimum atomic E-state index is -0.635. The number of hydrogen-bond acceptors (Lipinski definition) is 8. The minimum absolute atomic E-state index is 0.0929. The van der Waals surface area contributed by atoms with Gasteiger partial charge in [-0.05, 0) is 0 Å². The maximum Gasteiger partial charge on any atom is 0.315 e. The smallest absolute Gasteiger partial charge is 0.315 e. The van der Waals surface area contributed by atoms with Gasteiger partial charge in [0.25, 0.3) is 0 Å². The lowest BCUT2D eigenvalue weighted by atomic mass is 10.2. The zero-order chi connectivity index (χ0) is 19.8. The molecule has 0 saturated heterocycles. The Morgan fingerprint density at radius 1 is 0.923 bits per heavy atom. The molecule has 0 aromatic rings. The lowest BCUT2D eigenvalue weighted by Crippen LogP contribution is -2.50. The van der Waals surface area contributed by atoms with Crippen LogP contribution in [0.5, 0.6) is 0 Å². The standard InChI is InChI=1S/C13H27N7O6/c14-10(21)5-9(6-19-16)20-13(24)18-7-12(23)17-1-2-25-3-4-26-8-11(15)22/h9,19H,1-8,16H2,(H2,14,21)(H2,15,22)(H,17,23)(H2,18,20,24)/t9-/m1/s1. The van der Waals surface area contributed by atoms with Gasteiger partial charge in [-0.2, -0.15) is 0 Å². The number of primary amides is 2. The van der Waals surface area contributed by atoms with E-state index in [4.69, 9.17) is 26.8 Å². The maximum atomic E-state index is 11.6. The van der Waals surface area contributed by atoms with E-state index in [1.165, 1.54) is 0 Å². The quantitative estimate of drug-likeness (QED) is 0.0838. The Balaban J connectivity index is 3.72. The van der Waals surface area contributed by atoms with Gasteiger partial charge >= 0.3 is 6.03 Å². The molecule has 0 aromatic carbocycles. The number of hydrogen-bond donors (Lipinski definition) is 7. The van der Waals surface area contributed by atoms with E-state index in [0.29, 0.717) is 0 Å². The monoisotopic (exact) mass is 377 g/mol. The molecule has 13 nitrogen and oxygen atoms in total. The molecule has 13 heteroatoms. The maximum absolute atomic E-state index is 11.6. The predicted octanol–water partition coefficient (Wildman–Crippen LogP) is -4.37. The lowest BCUT2D eigenvalue weighted by Gasteiger charge is -2.17. The summed E-state index contributed by atoms with van der Waals surface area (Å²) in [5.41, 5.74) is 12.3. The molecule has 0 aliphatic rings. The number of rotatable bonds is 15. The molecule has 0 saturated carbocycles. The van der Waals surface area contributed by atoms with Crippen molar-refractivity contribution in [2.75, 3.05) is 46.1 Å². The molecule has 0 rings (SSSR count). The largest absolute Gasteiger partial charge is 0.377 e. The number of nitrogens with two attached hydrogens (primary N) is 3. The van der Waals surface area contributed by atoms with Crippen LogP contribution in [-0.2, 0) is 23.9 Å². The zero-order valence-corrected chi connectivity index (χ0v) is 14.4. The molecular formula is C13H27N7O6. The molecule has 0 spiro atoms. The Hall–Kier alpha value is -2.48. The van der Waals surface area contributed by atoms with Crippen LogP contribution >= 0.6 is 0 Å². The Morgan fingerprint density at radius 2 is 1.62 bits per heavy atom. The molecule has 0 aliphatic carbocycles. The highest BCUT2D eigenvalue weighted by atomic mass is 16.5. The van der Waals surface area contributed by atoms with Crippen LogP contribution in [0, 0.1) is 0 Å². The van der Waals surface area contributed by atoms with Crippen LogP contribution in [0.15, 0.2) is 0 Å². The fraction of sp³-hybridized carbons (Fsp3) is 0.692. The molecule has 0 aromatic heterocycles. The summed E-state index contributed by atoms with van der Waals surface area (Å²) in [6.07, 6.45) is -0.0929. The van der Waals surface area contributed by atoms with E-state index >= 15 is 0 Å². The Kier molecular flexibility index (Phi) is 13.4. The fourth-order valence-electron chi connectivity index (χ4n) is 1.67. The van der Waals surface area contributed by atoms with Crippen molar-refractivity contribution in [2.45, 2.75) is 12.5 Å². The van der Waals surface area contributed by atoms with Gasteiger partial charge in [0, 0.05) is 19.5 Å². The summed E-state index contributed by atoms with van der Waals surface area (Å²) in [6, 6.07) is -1.23. The van der Waals surface area contributed by atoms with Crippen LogP contribution in [0.25, 0.3) is 0 Å². The molecule has 1 atom stereocenters. The van der Waals surface area contributed by atoms with Crippen LogP contribution < -0.4 is 38.7 Å². The van der Waals surface area contributed by atoms with Crippen molar-refractivity contribution >= 4 is 23.8 Å². The molecule has 0 radical (unpaired) electrons. The summed E-state index contributed by atoms with van der Waals surface area (Å²) >= 11 is 0. The second-order valence-corrected chi connectivity index (χ2v) is 5.08. The average molecular weight is 377 g/mol. The first-order chi connectivity index (χ1) is 12.3. The van der Waals surface area contributed by atoms with Crippen LogP contribution in [0.3, 0.4) is 0 Å². The molecule has 150 valence electrons. The highest BCUT2D eigenvalue weighted by Gasteiger charge is 2.14. The number of amides is 5. The van der Waals surface area contributed by atoms with Crippen LogP contribution in [-0.4, -0.2) is 75.9 Å². The predicted molar refractivity (Wildman–Crippen MR) is 90.2 cm³/mol. The van der Waals surface area contributed by atoms with E-state index in [1.807, 2.05) is 0 Å². The van der Waals surface area contributed by atoms with Gasteiger partial charge in [0.05, 0.1) is 32.4 Å². The first-order valence-electron chi connectivity index (χ1n) is 7.81. The van der Waals surface area contributed by atoms with Crippen LogP contribution in [0.1, 0.15) is 6.42 Å². The van der Waals surface area contributed by atoms with Gasteiger partial charge in [-0.25, -0.2) is 4.79 Å². The fourth-order valence-corrected chi connectivity index (χ4v) is 1.67. The van der Waals surface area contributed by atoms with E-state index in [2.05, 4.69) is 21.4 Å². The molecule has 26 heavy (non-hydrogen) atoms. The second kappa shape index (κ2) is 14.8. The highest BCUT2D eigenvalue weighted by molar-refractivity contribution is 5.84. The van der Waals surface area contributed by atoms with E-state index in [9.17, 15) is 19.2 Å². The summed E-state index contributed by atoms with van der Waals surface area (Å²) in [5.74, 6) is 3.57. The highest BCUT2D eigenvalue weighted by Crippen LogP contribution is 1.89. The molecule has 5 amide bonds. The summed E-state index contributed by atoms with van der Waals surface area (Å²) in [4.78, 5) is 44.5. The minimum Gasteiger partial charge on any atom is -0.377 e. The van der Waals surface area contributed by atoms with Gasteiger partial charge in [0.15, 0.2) is 0 Å². The molecule has 0 bridgehead atoms. The van der Waals surface area contributed by atoms with Gasteiger partial charge in [-0.1, -0.05) is 0 Å². The van der Waals surface area contributed by atoms with Crippen molar-refractivity contribution in [1.82, 2.24) is 21.4 Å². The van der Waals surface area contributed by atoms with Crippen molar-refractivity contribution in [2.24, 2.45) is 17.3 Å². The normalized spacial score (nSPS) is 11.4. The van der Waals surface area contributed by atoms with E-state index in [-0.39, 0.29) is 52.5 Å². The Bertz CT molecular complexity index is 462. The topological polar surface area (TPSA) is 213 Å². The van der Waals surface area contributed by atoms with Gasteiger partial charge in [0.1, 0.15) is 6.61 Å². The Morgan fingerprint density at radius 3 is 2.23 bits per heavy atom. The number of carbonyl (C=O) groups is 4. The lowest BCUT2D eigenvalue weighted by molar-refractivity contribution is -0.123. The van der Waals surface area contributed by atoms with Crippen molar-refractivity contribution in [3.63, 3.8) is 0 Å². The van der Waals surface area contributed by atoms with Gasteiger partial charge < -0.3 is 36.9 Å². The average Bonchev–Trinajstić information content (AvgIpc) is 2.54. The molecular weight excluding hydrogens is 350 g/mol. The van der Waals surface area contributed by atoms with Crippen molar-refractivity contribution in [3.05, 3.63) is 0 Å². The van der Waals surface area contributed by atoms with Gasteiger partial charge in [0.2, 0.25) is 17.7 Å². The van der Waals surface area contributed by atoms with Crippen molar-refractivity contribution in [3.8, 4) is 0 Å². The van der Waals surface area contributed by atoms with Gasteiger partial charge in [-0.15, -0.1) is 0 Å². The van der Waals surface area contributed by atoms with E-state index < -0.39 is 29.8 Å². The van der Waals surface area contributed by atoms with Crippen LogP contribution in [0.2, 0.25) is 0 Å². The first-order valence-corrected chi connectivity index (χ1v) is 7.81. The SMILES string of the molecule is NNC[C@@H](CC(N)=O)NC(=O)NCC(=O)NCCOCCOCC(N)=O. The summed E-state index contributed by atoms with van der Waals surface area (Å²) in [7, 11) is 0. The third-order valence-corrected chi connectivity index (χ3v) is 2.74.